The molecule has 0 radical (unpaired) electrons. The minimum absolute atomic E-state index is 0.277. The molecule has 1 atom stereocenters. The van der Waals surface area contributed by atoms with Crippen molar-refractivity contribution in [3.05, 3.63) is 35.9 Å². The van der Waals surface area contributed by atoms with E-state index in [1.165, 1.54) is 17.4 Å². The molecule has 0 aliphatic rings. The van der Waals surface area contributed by atoms with E-state index in [2.05, 4.69) is 5.32 Å². The van der Waals surface area contributed by atoms with Gasteiger partial charge in [0.25, 0.3) is 0 Å². The number of nitrogens with one attached hydrogen (secondary N) is 2. The van der Waals surface area contributed by atoms with E-state index in [1.54, 1.807) is 18.2 Å². The van der Waals surface area contributed by atoms with Gasteiger partial charge in [-0.3, -0.25) is 9.59 Å². The molecule has 0 spiro atoms. The Morgan fingerprint density at radius 1 is 1.09 bits per heavy atom. The third-order valence-corrected chi connectivity index (χ3v) is 2.49. The molecule has 2 amide bonds. The number of aliphatic carboxylic acids is 1. The van der Waals surface area contributed by atoms with Crippen molar-refractivity contribution in [3.63, 3.8) is 0 Å². The fourth-order valence-electron chi connectivity index (χ4n) is 1.55. The summed E-state index contributed by atoms with van der Waals surface area (Å²) in [4.78, 5) is 33.8. The van der Waals surface area contributed by atoms with Crippen LogP contribution in [0.25, 0.3) is 0 Å². The molecule has 1 aromatic carbocycles. The Hall–Kier alpha value is -2.58. The maximum absolute atomic E-state index is 11.9. The van der Waals surface area contributed by atoms with Crippen molar-refractivity contribution >= 4 is 17.8 Å². The van der Waals surface area contributed by atoms with Crippen LogP contribution in [-0.2, 0) is 14.4 Å². The van der Waals surface area contributed by atoms with Gasteiger partial charge >= 0.3 is 12.1 Å². The first-order valence-electron chi connectivity index (χ1n) is 6.09. The van der Waals surface area contributed by atoms with Crippen molar-refractivity contribution in [2.24, 2.45) is 0 Å². The molecule has 120 valence electrons. The van der Waals surface area contributed by atoms with Gasteiger partial charge in [0.1, 0.15) is 13.0 Å². The number of carboxylic acid groups (broad SMARTS) is 1. The summed E-state index contributed by atoms with van der Waals surface area (Å²) < 4.78 is 35.7. The van der Waals surface area contributed by atoms with Crippen molar-refractivity contribution in [1.29, 1.82) is 0 Å². The Balaban J connectivity index is 2.58. The second-order valence-corrected chi connectivity index (χ2v) is 4.32. The van der Waals surface area contributed by atoms with Gasteiger partial charge in [-0.15, -0.1) is 0 Å². The molecule has 0 aliphatic heterocycles. The zero-order valence-electron chi connectivity index (χ0n) is 11.2. The highest BCUT2D eigenvalue weighted by Gasteiger charge is 2.28. The predicted octanol–water partition coefficient (Wildman–Crippen LogP) is 0.997. The summed E-state index contributed by atoms with van der Waals surface area (Å²) in [6, 6.07) is 6.31. The van der Waals surface area contributed by atoms with Crippen molar-refractivity contribution in [1.82, 2.24) is 10.6 Å². The van der Waals surface area contributed by atoms with Crippen LogP contribution >= 0.6 is 0 Å². The van der Waals surface area contributed by atoms with Gasteiger partial charge in [-0.1, -0.05) is 30.3 Å². The SMILES string of the molecule is O=C(CC(=O)N[C@@H](C(=O)O)c1ccccc1)NCC(F)(F)F. The number of carboxylic acids is 1. The highest BCUT2D eigenvalue weighted by atomic mass is 19.4. The van der Waals surface area contributed by atoms with Gasteiger partial charge in [0.15, 0.2) is 6.04 Å². The fourth-order valence-corrected chi connectivity index (χ4v) is 1.55. The minimum Gasteiger partial charge on any atom is -0.479 e. The molecule has 0 fully saturated rings. The Morgan fingerprint density at radius 3 is 2.18 bits per heavy atom. The zero-order chi connectivity index (χ0) is 16.8. The second-order valence-electron chi connectivity index (χ2n) is 4.32. The first-order chi connectivity index (χ1) is 10.2. The lowest BCUT2D eigenvalue weighted by Crippen LogP contribution is -2.39. The standard InChI is InChI=1S/C13H13F3N2O4/c14-13(15,16)7-17-9(19)6-10(20)18-11(12(21)22)8-4-2-1-3-5-8/h1-5,11H,6-7H2,(H,17,19)(H,18,20)(H,21,22)/t11-/m1/s1. The Morgan fingerprint density at radius 2 is 1.68 bits per heavy atom. The van der Waals surface area contributed by atoms with Gasteiger partial charge in [-0.05, 0) is 5.56 Å². The highest BCUT2D eigenvalue weighted by molar-refractivity contribution is 5.98. The third kappa shape index (κ3) is 6.25. The average molecular weight is 318 g/mol. The topological polar surface area (TPSA) is 95.5 Å². The van der Waals surface area contributed by atoms with E-state index in [0.717, 1.165) is 0 Å². The maximum atomic E-state index is 11.9. The minimum atomic E-state index is -4.58. The number of alkyl halides is 3. The van der Waals surface area contributed by atoms with Crippen LogP contribution < -0.4 is 10.6 Å². The molecule has 0 aromatic heterocycles. The molecule has 3 N–H and O–H groups in total. The van der Waals surface area contributed by atoms with Gasteiger partial charge in [0.05, 0.1) is 0 Å². The second kappa shape index (κ2) is 7.43. The van der Waals surface area contributed by atoms with Crippen molar-refractivity contribution < 1.29 is 32.7 Å². The van der Waals surface area contributed by atoms with Gasteiger partial charge in [-0.25, -0.2) is 4.79 Å². The molecule has 0 unspecified atom stereocenters. The van der Waals surface area contributed by atoms with Crippen LogP contribution in [0.2, 0.25) is 0 Å². The van der Waals surface area contributed by atoms with Crippen molar-refractivity contribution in [2.45, 2.75) is 18.6 Å². The number of hydrogen-bond acceptors (Lipinski definition) is 3. The Labute approximate surface area is 123 Å². The van der Waals surface area contributed by atoms with Crippen LogP contribution in [0.3, 0.4) is 0 Å². The lowest BCUT2D eigenvalue weighted by atomic mass is 10.1. The number of carbonyl (C=O) groups is 3. The number of halogens is 3. The molecule has 0 aliphatic carbocycles. The largest absolute Gasteiger partial charge is 0.479 e. The lowest BCUT2D eigenvalue weighted by Gasteiger charge is -2.15. The van der Waals surface area contributed by atoms with E-state index in [9.17, 15) is 27.6 Å². The van der Waals surface area contributed by atoms with Crippen LogP contribution in [0, 0.1) is 0 Å². The van der Waals surface area contributed by atoms with Crippen LogP contribution in [-0.4, -0.2) is 35.6 Å². The summed E-state index contributed by atoms with van der Waals surface area (Å²) in [7, 11) is 0. The van der Waals surface area contributed by atoms with E-state index >= 15 is 0 Å². The predicted molar refractivity (Wildman–Crippen MR) is 68.6 cm³/mol. The number of amides is 2. The van der Waals surface area contributed by atoms with Crippen LogP contribution in [0.15, 0.2) is 30.3 Å². The third-order valence-electron chi connectivity index (χ3n) is 2.49. The van der Waals surface area contributed by atoms with Crippen LogP contribution in [0.5, 0.6) is 0 Å². The van der Waals surface area contributed by atoms with E-state index in [1.807, 2.05) is 0 Å². The summed E-state index contributed by atoms with van der Waals surface area (Å²) in [6.45, 7) is -1.56. The molecule has 6 nitrogen and oxygen atoms in total. The molecule has 0 saturated carbocycles. The van der Waals surface area contributed by atoms with Crippen LogP contribution in [0.1, 0.15) is 18.0 Å². The summed E-state index contributed by atoms with van der Waals surface area (Å²) >= 11 is 0. The van der Waals surface area contributed by atoms with E-state index < -0.39 is 43.0 Å². The van der Waals surface area contributed by atoms with Crippen molar-refractivity contribution in [2.75, 3.05) is 6.54 Å². The van der Waals surface area contributed by atoms with Crippen LogP contribution in [0.4, 0.5) is 13.2 Å². The first kappa shape index (κ1) is 17.5. The number of carbonyl (C=O) groups excluding carboxylic acids is 2. The molecule has 22 heavy (non-hydrogen) atoms. The molecule has 1 aromatic rings. The van der Waals surface area contributed by atoms with Crippen molar-refractivity contribution in [3.8, 4) is 0 Å². The van der Waals surface area contributed by atoms with Gasteiger partial charge < -0.3 is 15.7 Å². The highest BCUT2D eigenvalue weighted by Crippen LogP contribution is 2.13. The quantitative estimate of drug-likeness (QED) is 0.682. The van der Waals surface area contributed by atoms with E-state index in [0.29, 0.717) is 0 Å². The van der Waals surface area contributed by atoms with Gasteiger partial charge in [0, 0.05) is 0 Å². The molecular weight excluding hydrogens is 305 g/mol. The fraction of sp³-hybridized carbons (Fsp3) is 0.308. The van der Waals surface area contributed by atoms with E-state index in [4.69, 9.17) is 5.11 Å². The molecule has 0 saturated heterocycles. The monoisotopic (exact) mass is 318 g/mol. The lowest BCUT2D eigenvalue weighted by molar-refractivity contribution is -0.144. The summed E-state index contributed by atoms with van der Waals surface area (Å²) in [5.41, 5.74) is 0.277. The molecule has 1 rings (SSSR count). The number of benzene rings is 1. The smallest absolute Gasteiger partial charge is 0.405 e. The Kier molecular flexibility index (Phi) is 5.90. The van der Waals surface area contributed by atoms with E-state index in [-0.39, 0.29) is 5.56 Å². The molecule has 0 bridgehead atoms. The average Bonchev–Trinajstić information content (AvgIpc) is 2.42. The van der Waals surface area contributed by atoms with Gasteiger partial charge in [-0.2, -0.15) is 13.2 Å². The van der Waals surface area contributed by atoms with Gasteiger partial charge in [0.2, 0.25) is 11.8 Å². The summed E-state index contributed by atoms with van der Waals surface area (Å²) in [5.74, 6) is -3.49. The summed E-state index contributed by atoms with van der Waals surface area (Å²) in [5, 5.41) is 12.7. The zero-order valence-corrected chi connectivity index (χ0v) is 11.2. The maximum Gasteiger partial charge on any atom is 0.405 e. The summed E-state index contributed by atoms with van der Waals surface area (Å²) in [6.07, 6.45) is -5.48. The first-order valence-corrected chi connectivity index (χ1v) is 6.09. The Bertz CT molecular complexity index is 546. The molecular formula is C13H13F3N2O4. The molecule has 0 heterocycles. The number of rotatable bonds is 6. The normalized spacial score (nSPS) is 12.3. The molecule has 9 heteroatoms. The number of hydrogen-bond donors (Lipinski definition) is 3.